The lowest BCUT2D eigenvalue weighted by Crippen LogP contribution is -2.27. The van der Waals surface area contributed by atoms with Crippen LogP contribution in [0.15, 0.2) is 24.3 Å². The van der Waals surface area contributed by atoms with Crippen molar-refractivity contribution in [2.45, 2.75) is 20.4 Å². The van der Waals surface area contributed by atoms with Gasteiger partial charge < -0.3 is 5.32 Å². The van der Waals surface area contributed by atoms with E-state index in [1.165, 1.54) is 0 Å². The summed E-state index contributed by atoms with van der Waals surface area (Å²) in [6.45, 7) is 5.00. The second-order valence-corrected chi connectivity index (χ2v) is 4.37. The Morgan fingerprint density at radius 1 is 1.25 bits per heavy atom. The minimum Gasteiger partial charge on any atom is -0.311 e. The predicted octanol–water partition coefficient (Wildman–Crippen LogP) is 2.20. The van der Waals surface area contributed by atoms with Gasteiger partial charge in [0.15, 0.2) is 0 Å². The molecule has 0 amide bonds. The molecule has 3 nitrogen and oxygen atoms in total. The first-order valence-electron chi connectivity index (χ1n) is 5.19. The summed E-state index contributed by atoms with van der Waals surface area (Å²) in [7, 11) is 0. The Morgan fingerprint density at radius 3 is 2.56 bits per heavy atom. The van der Waals surface area contributed by atoms with E-state index >= 15 is 0 Å². The zero-order chi connectivity index (χ0) is 12.0. The second kappa shape index (κ2) is 5.30. The lowest BCUT2D eigenvalue weighted by atomic mass is 9.96. The molecular formula is C13H15N3. The molecule has 0 aliphatic rings. The van der Waals surface area contributed by atoms with Crippen LogP contribution in [0.3, 0.4) is 0 Å². The van der Waals surface area contributed by atoms with Gasteiger partial charge in [-0.15, -0.1) is 0 Å². The highest BCUT2D eigenvalue weighted by molar-refractivity contribution is 5.37. The fourth-order valence-electron chi connectivity index (χ4n) is 1.33. The van der Waals surface area contributed by atoms with Crippen molar-refractivity contribution in [1.82, 2.24) is 5.32 Å². The molecule has 16 heavy (non-hydrogen) atoms. The molecule has 82 valence electrons. The Labute approximate surface area is 96.3 Å². The second-order valence-electron chi connectivity index (χ2n) is 4.37. The SMILES string of the molecule is CC(C)(C#N)CNCc1ccccc1C#N. The smallest absolute Gasteiger partial charge is 0.0995 e. The largest absolute Gasteiger partial charge is 0.311 e. The molecule has 3 heteroatoms. The topological polar surface area (TPSA) is 59.6 Å². The molecule has 0 aromatic heterocycles. The third-order valence-corrected chi connectivity index (χ3v) is 2.32. The lowest BCUT2D eigenvalue weighted by molar-refractivity contribution is 0.445. The number of nitrogens with one attached hydrogen (secondary N) is 1. The number of rotatable bonds is 4. The monoisotopic (exact) mass is 213 g/mol. The Kier molecular flexibility index (Phi) is 4.05. The number of hydrogen-bond acceptors (Lipinski definition) is 3. The van der Waals surface area contributed by atoms with Gasteiger partial charge in [-0.05, 0) is 25.5 Å². The molecule has 1 aromatic carbocycles. The fraction of sp³-hybridized carbons (Fsp3) is 0.385. The van der Waals surface area contributed by atoms with Crippen molar-refractivity contribution in [1.29, 1.82) is 10.5 Å². The molecule has 0 saturated heterocycles. The van der Waals surface area contributed by atoms with E-state index in [0.717, 1.165) is 5.56 Å². The average molecular weight is 213 g/mol. The highest BCUT2D eigenvalue weighted by Gasteiger charge is 2.15. The van der Waals surface area contributed by atoms with Crippen LogP contribution in [0.2, 0.25) is 0 Å². The molecule has 0 saturated carbocycles. The van der Waals surface area contributed by atoms with E-state index in [2.05, 4.69) is 17.5 Å². The number of benzene rings is 1. The number of nitrogens with zero attached hydrogens (tertiary/aromatic N) is 2. The van der Waals surface area contributed by atoms with Gasteiger partial charge in [-0.3, -0.25) is 0 Å². The van der Waals surface area contributed by atoms with Gasteiger partial charge in [-0.1, -0.05) is 18.2 Å². The van der Waals surface area contributed by atoms with Gasteiger partial charge in [-0.2, -0.15) is 10.5 Å². The Balaban J connectivity index is 2.57. The van der Waals surface area contributed by atoms with E-state index in [1.54, 1.807) is 6.07 Å². The van der Waals surface area contributed by atoms with E-state index in [4.69, 9.17) is 10.5 Å². The summed E-state index contributed by atoms with van der Waals surface area (Å²) in [5, 5.41) is 20.9. The molecule has 0 fully saturated rings. The molecule has 0 heterocycles. The van der Waals surface area contributed by atoms with Gasteiger partial charge in [0.1, 0.15) is 0 Å². The summed E-state index contributed by atoms with van der Waals surface area (Å²) in [4.78, 5) is 0. The molecular weight excluding hydrogens is 198 g/mol. The van der Waals surface area contributed by atoms with Crippen molar-refractivity contribution in [2.75, 3.05) is 6.54 Å². The van der Waals surface area contributed by atoms with Crippen molar-refractivity contribution in [3.05, 3.63) is 35.4 Å². The molecule has 0 atom stereocenters. The summed E-state index contributed by atoms with van der Waals surface area (Å²) < 4.78 is 0. The summed E-state index contributed by atoms with van der Waals surface area (Å²) in [5.41, 5.74) is 1.28. The van der Waals surface area contributed by atoms with Crippen molar-refractivity contribution >= 4 is 0 Å². The summed E-state index contributed by atoms with van der Waals surface area (Å²) in [5.74, 6) is 0. The Morgan fingerprint density at radius 2 is 1.94 bits per heavy atom. The van der Waals surface area contributed by atoms with Crippen LogP contribution in [0.4, 0.5) is 0 Å². The molecule has 0 radical (unpaired) electrons. The normalized spacial score (nSPS) is 10.5. The van der Waals surface area contributed by atoms with E-state index in [9.17, 15) is 0 Å². The van der Waals surface area contributed by atoms with Gasteiger partial charge in [0.05, 0.1) is 23.1 Å². The Hall–Kier alpha value is -1.84. The molecule has 0 bridgehead atoms. The van der Waals surface area contributed by atoms with Crippen LogP contribution in [-0.2, 0) is 6.54 Å². The van der Waals surface area contributed by atoms with Crippen molar-refractivity contribution in [3.63, 3.8) is 0 Å². The zero-order valence-electron chi connectivity index (χ0n) is 9.62. The van der Waals surface area contributed by atoms with E-state index < -0.39 is 0 Å². The van der Waals surface area contributed by atoms with Crippen molar-refractivity contribution < 1.29 is 0 Å². The van der Waals surface area contributed by atoms with Gasteiger partial charge in [0.25, 0.3) is 0 Å². The fourth-order valence-corrected chi connectivity index (χ4v) is 1.33. The lowest BCUT2D eigenvalue weighted by Gasteiger charge is -2.16. The molecule has 0 aliphatic carbocycles. The van der Waals surface area contributed by atoms with Crippen LogP contribution in [0, 0.1) is 28.1 Å². The van der Waals surface area contributed by atoms with E-state index in [-0.39, 0.29) is 5.41 Å². The third kappa shape index (κ3) is 3.38. The van der Waals surface area contributed by atoms with E-state index in [1.807, 2.05) is 32.0 Å². The molecule has 0 aliphatic heterocycles. The van der Waals surface area contributed by atoms with Crippen molar-refractivity contribution in [3.8, 4) is 12.1 Å². The zero-order valence-corrected chi connectivity index (χ0v) is 9.62. The van der Waals surface area contributed by atoms with Crippen LogP contribution in [0.1, 0.15) is 25.0 Å². The quantitative estimate of drug-likeness (QED) is 0.834. The Bertz CT molecular complexity index is 435. The molecule has 1 rings (SSSR count). The van der Waals surface area contributed by atoms with Crippen LogP contribution in [0.5, 0.6) is 0 Å². The van der Waals surface area contributed by atoms with Gasteiger partial charge in [0, 0.05) is 13.1 Å². The standard InChI is InChI=1S/C13H15N3/c1-13(2,9-15)10-16-8-12-6-4-3-5-11(12)7-14/h3-6,16H,8,10H2,1-2H3. The number of hydrogen-bond donors (Lipinski definition) is 1. The molecule has 0 unspecified atom stereocenters. The summed E-state index contributed by atoms with van der Waals surface area (Å²) in [6, 6.07) is 11.9. The van der Waals surface area contributed by atoms with Crippen molar-refractivity contribution in [2.24, 2.45) is 5.41 Å². The van der Waals surface area contributed by atoms with Gasteiger partial charge in [-0.25, -0.2) is 0 Å². The highest BCUT2D eigenvalue weighted by atomic mass is 14.9. The predicted molar refractivity (Wildman–Crippen MR) is 62.3 cm³/mol. The maximum atomic E-state index is 8.89. The van der Waals surface area contributed by atoms with Crippen LogP contribution >= 0.6 is 0 Å². The maximum Gasteiger partial charge on any atom is 0.0995 e. The minimum absolute atomic E-state index is 0.373. The van der Waals surface area contributed by atoms with E-state index in [0.29, 0.717) is 18.7 Å². The number of nitriles is 2. The first-order valence-corrected chi connectivity index (χ1v) is 5.19. The summed E-state index contributed by atoms with van der Waals surface area (Å²) in [6.07, 6.45) is 0. The van der Waals surface area contributed by atoms with Crippen LogP contribution in [-0.4, -0.2) is 6.54 Å². The van der Waals surface area contributed by atoms with Gasteiger partial charge in [0.2, 0.25) is 0 Å². The van der Waals surface area contributed by atoms with Crippen LogP contribution < -0.4 is 5.32 Å². The average Bonchev–Trinajstić information content (AvgIpc) is 2.29. The summed E-state index contributed by atoms with van der Waals surface area (Å²) >= 11 is 0. The maximum absolute atomic E-state index is 8.89. The first kappa shape index (κ1) is 12.2. The molecule has 1 aromatic rings. The molecule has 1 N–H and O–H groups in total. The van der Waals surface area contributed by atoms with Gasteiger partial charge >= 0.3 is 0 Å². The third-order valence-electron chi connectivity index (χ3n) is 2.32. The highest BCUT2D eigenvalue weighted by Crippen LogP contribution is 2.12. The van der Waals surface area contributed by atoms with Crippen LogP contribution in [0.25, 0.3) is 0 Å². The molecule has 0 spiro atoms. The minimum atomic E-state index is -0.373. The first-order chi connectivity index (χ1) is 7.59.